The molecule has 0 saturated heterocycles. The lowest BCUT2D eigenvalue weighted by Gasteiger charge is -2.40. The lowest BCUT2D eigenvalue weighted by molar-refractivity contribution is 0.244. The molecule has 0 amide bonds. The molecule has 0 aliphatic heterocycles. The minimum atomic E-state index is -0.294. The summed E-state index contributed by atoms with van der Waals surface area (Å²) in [5.41, 5.74) is 7.91. The normalized spacial score (nSPS) is 19.1. The third kappa shape index (κ3) is 1.35. The third-order valence-electron chi connectivity index (χ3n) is 3.08. The fraction of sp³-hybridized carbons (Fsp3) is 0.455. The molecule has 0 unspecified atom stereocenters. The van der Waals surface area contributed by atoms with Gasteiger partial charge in [-0.2, -0.15) is 0 Å². The van der Waals surface area contributed by atoms with Gasteiger partial charge in [-0.05, 0) is 53.7 Å². The molecule has 2 nitrogen and oxygen atoms in total. The summed E-state index contributed by atoms with van der Waals surface area (Å²) < 4.78 is 0.731. The van der Waals surface area contributed by atoms with E-state index >= 15 is 0 Å². The van der Waals surface area contributed by atoms with Crippen molar-refractivity contribution in [2.45, 2.75) is 31.7 Å². The summed E-state index contributed by atoms with van der Waals surface area (Å²) in [6, 6.07) is 3.85. The first-order valence-electron chi connectivity index (χ1n) is 4.82. The zero-order valence-corrected chi connectivity index (χ0v) is 9.76. The first-order valence-corrected chi connectivity index (χ1v) is 5.61. The summed E-state index contributed by atoms with van der Waals surface area (Å²) in [6.07, 6.45) is 3.09. The van der Waals surface area contributed by atoms with Crippen molar-refractivity contribution in [3.05, 3.63) is 27.7 Å². The van der Waals surface area contributed by atoms with Crippen molar-refractivity contribution in [2.75, 3.05) is 0 Å². The van der Waals surface area contributed by atoms with Crippen LogP contribution >= 0.6 is 15.9 Å². The number of halogens is 1. The van der Waals surface area contributed by atoms with Crippen molar-refractivity contribution in [1.82, 2.24) is 0 Å². The molecule has 0 atom stereocenters. The molecule has 1 aromatic rings. The summed E-state index contributed by atoms with van der Waals surface area (Å²) in [5.74, 6) is 0.312. The number of phenolic OH excluding ortho intramolecular Hbond substituents is 1. The van der Waals surface area contributed by atoms with Gasteiger partial charge in [0, 0.05) is 11.1 Å². The van der Waals surface area contributed by atoms with Crippen molar-refractivity contribution in [3.63, 3.8) is 0 Å². The summed E-state index contributed by atoms with van der Waals surface area (Å²) >= 11 is 3.32. The van der Waals surface area contributed by atoms with Crippen molar-refractivity contribution in [1.29, 1.82) is 0 Å². The van der Waals surface area contributed by atoms with Crippen molar-refractivity contribution in [2.24, 2.45) is 5.73 Å². The van der Waals surface area contributed by atoms with Gasteiger partial charge in [0.1, 0.15) is 5.75 Å². The molecular formula is C11H14BrNO. The number of rotatable bonds is 1. The fourth-order valence-electron chi connectivity index (χ4n) is 2.10. The van der Waals surface area contributed by atoms with Crippen LogP contribution in [0.4, 0.5) is 0 Å². The van der Waals surface area contributed by atoms with Gasteiger partial charge in [0.2, 0.25) is 0 Å². The number of nitrogens with two attached hydrogens (primary N) is 1. The Kier molecular flexibility index (Phi) is 2.32. The van der Waals surface area contributed by atoms with Crippen LogP contribution in [-0.4, -0.2) is 5.11 Å². The van der Waals surface area contributed by atoms with Gasteiger partial charge in [0.25, 0.3) is 0 Å². The molecule has 1 aromatic carbocycles. The Hall–Kier alpha value is -0.540. The number of hydrogen-bond donors (Lipinski definition) is 2. The van der Waals surface area contributed by atoms with Crippen molar-refractivity contribution < 1.29 is 5.11 Å². The molecule has 0 aromatic heterocycles. The van der Waals surface area contributed by atoms with Crippen LogP contribution in [-0.2, 0) is 5.54 Å². The quantitative estimate of drug-likeness (QED) is 0.811. The van der Waals surface area contributed by atoms with E-state index in [-0.39, 0.29) is 5.54 Å². The second-order valence-corrected chi connectivity index (χ2v) is 4.95. The molecule has 76 valence electrons. The molecule has 1 fully saturated rings. The molecule has 14 heavy (non-hydrogen) atoms. The van der Waals surface area contributed by atoms with Crippen molar-refractivity contribution in [3.8, 4) is 5.75 Å². The number of aromatic hydroxyl groups is 1. The zero-order chi connectivity index (χ0) is 10.3. The van der Waals surface area contributed by atoms with Gasteiger partial charge in [-0.1, -0.05) is 6.07 Å². The van der Waals surface area contributed by atoms with Crippen LogP contribution in [0.15, 0.2) is 16.6 Å². The Balaban J connectivity index is 2.56. The van der Waals surface area contributed by atoms with E-state index in [0.29, 0.717) is 5.75 Å². The highest BCUT2D eigenvalue weighted by Gasteiger charge is 2.38. The molecule has 0 heterocycles. The summed E-state index contributed by atoms with van der Waals surface area (Å²) in [4.78, 5) is 0. The van der Waals surface area contributed by atoms with E-state index in [2.05, 4.69) is 15.9 Å². The highest BCUT2D eigenvalue weighted by molar-refractivity contribution is 9.10. The van der Waals surface area contributed by atoms with E-state index in [9.17, 15) is 5.11 Å². The Morgan fingerprint density at radius 1 is 1.43 bits per heavy atom. The number of aryl methyl sites for hydroxylation is 1. The first kappa shape index (κ1) is 9.99. The monoisotopic (exact) mass is 255 g/mol. The number of phenols is 1. The molecule has 0 spiro atoms. The zero-order valence-electron chi connectivity index (χ0n) is 8.18. The molecule has 2 rings (SSSR count). The number of benzene rings is 1. The second-order valence-electron chi connectivity index (χ2n) is 4.10. The average Bonchev–Trinajstić information content (AvgIpc) is 2.09. The first-order chi connectivity index (χ1) is 6.54. The van der Waals surface area contributed by atoms with Crippen molar-refractivity contribution >= 4 is 15.9 Å². The highest BCUT2D eigenvalue weighted by atomic mass is 79.9. The van der Waals surface area contributed by atoms with Crippen LogP contribution in [0.3, 0.4) is 0 Å². The van der Waals surface area contributed by atoms with Crippen LogP contribution in [0.2, 0.25) is 0 Å². The maximum absolute atomic E-state index is 9.95. The molecule has 0 radical (unpaired) electrons. The number of hydrogen-bond acceptors (Lipinski definition) is 2. The smallest absolute Gasteiger partial charge is 0.135 e. The summed E-state index contributed by atoms with van der Waals surface area (Å²) in [6.45, 7) is 1.99. The van der Waals surface area contributed by atoms with E-state index in [0.717, 1.165) is 34.9 Å². The van der Waals surface area contributed by atoms with E-state index in [1.165, 1.54) is 0 Å². The minimum absolute atomic E-state index is 0.294. The van der Waals surface area contributed by atoms with Crippen LogP contribution < -0.4 is 5.73 Å². The average molecular weight is 256 g/mol. The lowest BCUT2D eigenvalue weighted by atomic mass is 9.71. The maximum atomic E-state index is 9.95. The maximum Gasteiger partial charge on any atom is 0.135 e. The third-order valence-corrected chi connectivity index (χ3v) is 3.72. The van der Waals surface area contributed by atoms with Gasteiger partial charge in [-0.3, -0.25) is 0 Å². The van der Waals surface area contributed by atoms with Crippen LogP contribution in [0, 0.1) is 6.92 Å². The van der Waals surface area contributed by atoms with E-state index < -0.39 is 0 Å². The predicted molar refractivity (Wildman–Crippen MR) is 60.3 cm³/mol. The van der Waals surface area contributed by atoms with E-state index in [1.807, 2.05) is 19.1 Å². The molecule has 1 aliphatic rings. The molecule has 1 aliphatic carbocycles. The van der Waals surface area contributed by atoms with Gasteiger partial charge in [-0.15, -0.1) is 0 Å². The van der Waals surface area contributed by atoms with Gasteiger partial charge in [-0.25, -0.2) is 0 Å². The standard InChI is InChI=1S/C11H14BrNO/c1-7-3-4-8(12)10(14)9(7)11(13)5-2-6-11/h3-4,14H,2,5-6,13H2,1H3. The Morgan fingerprint density at radius 3 is 2.57 bits per heavy atom. The Labute approximate surface area is 92.3 Å². The largest absolute Gasteiger partial charge is 0.506 e. The van der Waals surface area contributed by atoms with Crippen LogP contribution in [0.5, 0.6) is 5.75 Å². The minimum Gasteiger partial charge on any atom is -0.506 e. The van der Waals surface area contributed by atoms with Crippen LogP contribution in [0.1, 0.15) is 30.4 Å². The SMILES string of the molecule is Cc1ccc(Br)c(O)c1C1(N)CCC1. The molecule has 3 N–H and O–H groups in total. The second kappa shape index (κ2) is 3.24. The van der Waals surface area contributed by atoms with Gasteiger partial charge in [0.05, 0.1) is 4.47 Å². The van der Waals surface area contributed by atoms with Gasteiger partial charge < -0.3 is 10.8 Å². The van der Waals surface area contributed by atoms with Crippen LogP contribution in [0.25, 0.3) is 0 Å². The Bertz CT molecular complexity index is 372. The highest BCUT2D eigenvalue weighted by Crippen LogP contribution is 2.46. The van der Waals surface area contributed by atoms with Gasteiger partial charge >= 0.3 is 0 Å². The van der Waals surface area contributed by atoms with E-state index in [1.54, 1.807) is 0 Å². The molecule has 0 bridgehead atoms. The topological polar surface area (TPSA) is 46.2 Å². The lowest BCUT2D eigenvalue weighted by Crippen LogP contribution is -2.43. The molecule has 1 saturated carbocycles. The molecule has 3 heteroatoms. The summed E-state index contributed by atoms with van der Waals surface area (Å²) in [5, 5.41) is 9.95. The van der Waals surface area contributed by atoms with Gasteiger partial charge in [0.15, 0.2) is 0 Å². The Morgan fingerprint density at radius 2 is 2.07 bits per heavy atom. The van der Waals surface area contributed by atoms with E-state index in [4.69, 9.17) is 5.73 Å². The predicted octanol–water partition coefficient (Wildman–Crippen LogP) is 2.80. The molecular weight excluding hydrogens is 242 g/mol. The summed E-state index contributed by atoms with van der Waals surface area (Å²) in [7, 11) is 0. The fourth-order valence-corrected chi connectivity index (χ4v) is 2.43.